The Morgan fingerprint density at radius 2 is 2.00 bits per heavy atom. The quantitative estimate of drug-likeness (QED) is 0.675. The largest absolute Gasteiger partial charge is 0.509 e. The molecule has 82 valence electrons. The first-order chi connectivity index (χ1) is 6.86. The van der Waals surface area contributed by atoms with Crippen LogP contribution >= 0.6 is 0 Å². The highest BCUT2D eigenvalue weighted by Gasteiger charge is 2.61. The molecule has 2 bridgehead atoms. The van der Waals surface area contributed by atoms with Crippen molar-refractivity contribution in [3.63, 3.8) is 0 Å². The molecule has 4 heteroatoms. The Hall–Kier alpha value is -1.19. The van der Waals surface area contributed by atoms with Crippen molar-refractivity contribution in [2.45, 2.75) is 33.6 Å². The van der Waals surface area contributed by atoms with E-state index in [-0.39, 0.29) is 28.6 Å². The molecule has 2 aliphatic carbocycles. The van der Waals surface area contributed by atoms with Crippen LogP contribution in [0.4, 0.5) is 0 Å². The van der Waals surface area contributed by atoms with Gasteiger partial charge in [0.05, 0.1) is 0 Å². The lowest BCUT2D eigenvalue weighted by molar-refractivity contribution is -0.125. The van der Waals surface area contributed by atoms with E-state index >= 15 is 0 Å². The number of aliphatic hydroxyl groups excluding tert-OH is 1. The van der Waals surface area contributed by atoms with Crippen LogP contribution in [0.3, 0.4) is 0 Å². The smallest absolute Gasteiger partial charge is 0.191 e. The second-order valence-corrected chi connectivity index (χ2v) is 5.30. The number of carbonyl (C=O) groups excluding carboxylic acids is 1. The van der Waals surface area contributed by atoms with E-state index < -0.39 is 5.41 Å². The van der Waals surface area contributed by atoms with Gasteiger partial charge in [-0.25, -0.2) is 0 Å². The Labute approximate surface area is 88.3 Å². The van der Waals surface area contributed by atoms with Crippen LogP contribution in [0.1, 0.15) is 33.6 Å². The summed E-state index contributed by atoms with van der Waals surface area (Å²) in [4.78, 5) is 22.4. The Bertz CT molecular complexity index is 383. The summed E-state index contributed by atoms with van der Waals surface area (Å²) in [5.74, 6) is -0.574. The van der Waals surface area contributed by atoms with Gasteiger partial charge < -0.3 is 5.11 Å². The number of ketones is 1. The van der Waals surface area contributed by atoms with Crippen molar-refractivity contribution in [1.82, 2.24) is 0 Å². The van der Waals surface area contributed by atoms with Gasteiger partial charge in [0.2, 0.25) is 0 Å². The predicted octanol–water partition coefficient (Wildman–Crippen LogP) is 2.55. The molecule has 4 nitrogen and oxygen atoms in total. The van der Waals surface area contributed by atoms with Crippen molar-refractivity contribution in [1.29, 1.82) is 0 Å². The summed E-state index contributed by atoms with van der Waals surface area (Å²) >= 11 is 0. The van der Waals surface area contributed by atoms with Gasteiger partial charge in [-0.3, -0.25) is 4.79 Å². The van der Waals surface area contributed by atoms with Crippen molar-refractivity contribution in [3.8, 4) is 0 Å². The third-order valence-electron chi connectivity index (χ3n) is 4.61. The fourth-order valence-corrected chi connectivity index (χ4v) is 3.01. The van der Waals surface area contributed by atoms with Crippen molar-refractivity contribution in [2.75, 3.05) is 0 Å². The first-order valence-corrected chi connectivity index (χ1v) is 5.17. The molecule has 15 heavy (non-hydrogen) atoms. The maximum atomic E-state index is 11.9. The molecular weight excluding hydrogens is 194 g/mol. The van der Waals surface area contributed by atoms with Gasteiger partial charge in [0.1, 0.15) is 5.76 Å². The van der Waals surface area contributed by atoms with Crippen molar-refractivity contribution in [2.24, 2.45) is 21.9 Å². The maximum absolute atomic E-state index is 11.9. The highest BCUT2D eigenvalue weighted by atomic mass is 16.3. The second kappa shape index (κ2) is 2.68. The average Bonchev–Trinajstić information content (AvgIpc) is 2.33. The first kappa shape index (κ1) is 10.3. The SMILES string of the molecule is CC12CCC(C(=O)C(N=O)=C1O)C2(C)C. The molecule has 2 rings (SSSR count). The summed E-state index contributed by atoms with van der Waals surface area (Å²) < 4.78 is 0. The van der Waals surface area contributed by atoms with Crippen LogP contribution in [0.15, 0.2) is 16.6 Å². The zero-order chi connectivity index (χ0) is 11.4. The summed E-state index contributed by atoms with van der Waals surface area (Å²) in [5, 5.41) is 12.7. The van der Waals surface area contributed by atoms with E-state index in [1.165, 1.54) is 0 Å². The van der Waals surface area contributed by atoms with E-state index in [2.05, 4.69) is 5.18 Å². The topological polar surface area (TPSA) is 66.7 Å². The van der Waals surface area contributed by atoms with Crippen LogP contribution in [-0.2, 0) is 4.79 Å². The molecule has 1 fully saturated rings. The summed E-state index contributed by atoms with van der Waals surface area (Å²) in [7, 11) is 0. The van der Waals surface area contributed by atoms with E-state index in [1.807, 2.05) is 20.8 Å². The minimum absolute atomic E-state index is 0.110. The van der Waals surface area contributed by atoms with Gasteiger partial charge in [-0.1, -0.05) is 20.8 Å². The zero-order valence-corrected chi connectivity index (χ0v) is 9.20. The van der Waals surface area contributed by atoms with Gasteiger partial charge in [0.25, 0.3) is 0 Å². The number of Topliss-reactive ketones (excluding diaryl/α,β-unsaturated/α-hetero) is 1. The molecule has 0 amide bonds. The van der Waals surface area contributed by atoms with Gasteiger partial charge in [-0.05, 0) is 23.4 Å². The third-order valence-corrected chi connectivity index (χ3v) is 4.61. The molecule has 2 unspecified atom stereocenters. The van der Waals surface area contributed by atoms with Crippen molar-refractivity contribution in [3.05, 3.63) is 16.4 Å². The van der Waals surface area contributed by atoms with Gasteiger partial charge >= 0.3 is 0 Å². The zero-order valence-electron chi connectivity index (χ0n) is 9.20. The molecule has 0 saturated heterocycles. The Morgan fingerprint density at radius 1 is 1.40 bits per heavy atom. The van der Waals surface area contributed by atoms with Gasteiger partial charge in [-0.15, -0.1) is 4.91 Å². The number of nitroso groups, excluding NO2 is 1. The summed E-state index contributed by atoms with van der Waals surface area (Å²) in [6.07, 6.45) is 1.46. The fraction of sp³-hybridized carbons (Fsp3) is 0.727. The van der Waals surface area contributed by atoms with Crippen LogP contribution < -0.4 is 0 Å². The van der Waals surface area contributed by atoms with Crippen molar-refractivity contribution < 1.29 is 9.90 Å². The van der Waals surface area contributed by atoms with Crippen LogP contribution in [0.5, 0.6) is 0 Å². The Morgan fingerprint density at radius 3 is 2.53 bits per heavy atom. The highest BCUT2D eigenvalue weighted by molar-refractivity contribution is 5.99. The van der Waals surface area contributed by atoms with E-state index in [4.69, 9.17) is 0 Å². The van der Waals surface area contributed by atoms with Crippen LogP contribution in [0, 0.1) is 21.7 Å². The van der Waals surface area contributed by atoms with Crippen LogP contribution in [-0.4, -0.2) is 10.9 Å². The van der Waals surface area contributed by atoms with E-state index in [9.17, 15) is 14.8 Å². The minimum atomic E-state index is -0.477. The number of carbonyl (C=O) groups is 1. The standard InChI is InChI=1S/C11H15NO3/c1-10(2)6-4-5-11(10,3)9(14)7(12-15)8(6)13/h6,14H,4-5H2,1-3H3. The highest BCUT2D eigenvalue weighted by Crippen LogP contribution is 2.62. The number of allylic oxidation sites excluding steroid dienone is 2. The number of hydrogen-bond donors (Lipinski definition) is 1. The molecule has 2 aliphatic rings. The average molecular weight is 209 g/mol. The summed E-state index contributed by atoms with van der Waals surface area (Å²) in [6.45, 7) is 5.85. The Kier molecular flexibility index (Phi) is 1.85. The molecule has 0 spiro atoms. The van der Waals surface area contributed by atoms with Crippen LogP contribution in [0.25, 0.3) is 0 Å². The fourth-order valence-electron chi connectivity index (χ4n) is 3.01. The molecule has 0 aliphatic heterocycles. The van der Waals surface area contributed by atoms with Gasteiger partial charge in [0, 0.05) is 11.3 Å². The molecular formula is C11H15NO3. The van der Waals surface area contributed by atoms with E-state index in [0.29, 0.717) is 0 Å². The molecule has 1 saturated carbocycles. The molecule has 0 aromatic heterocycles. The third kappa shape index (κ3) is 0.945. The number of hydrogen-bond acceptors (Lipinski definition) is 4. The minimum Gasteiger partial charge on any atom is -0.509 e. The number of fused-ring (bicyclic) bond motifs is 2. The maximum Gasteiger partial charge on any atom is 0.191 e. The summed E-state index contributed by atoms with van der Waals surface area (Å²) in [6, 6.07) is 0. The molecule has 1 N–H and O–H groups in total. The molecule has 0 aromatic rings. The van der Waals surface area contributed by atoms with Crippen LogP contribution in [0.2, 0.25) is 0 Å². The number of aliphatic hydroxyl groups is 1. The Balaban J connectivity index is 2.68. The van der Waals surface area contributed by atoms with E-state index in [1.54, 1.807) is 0 Å². The lowest BCUT2D eigenvalue weighted by Crippen LogP contribution is -2.43. The van der Waals surface area contributed by atoms with Crippen molar-refractivity contribution >= 4 is 5.78 Å². The lowest BCUT2D eigenvalue weighted by Gasteiger charge is -2.43. The summed E-state index contributed by atoms with van der Waals surface area (Å²) in [5.41, 5.74) is -1.02. The van der Waals surface area contributed by atoms with Gasteiger partial charge in [0.15, 0.2) is 11.5 Å². The first-order valence-electron chi connectivity index (χ1n) is 5.17. The van der Waals surface area contributed by atoms with E-state index in [0.717, 1.165) is 12.8 Å². The normalized spacial score (nSPS) is 38.3. The van der Waals surface area contributed by atoms with Gasteiger partial charge in [-0.2, -0.15) is 0 Å². The molecule has 0 aromatic carbocycles. The molecule has 0 radical (unpaired) electrons. The number of rotatable bonds is 1. The predicted molar refractivity (Wildman–Crippen MR) is 55.1 cm³/mol. The second-order valence-electron chi connectivity index (χ2n) is 5.30. The number of nitrogens with zero attached hydrogens (tertiary/aromatic N) is 1. The lowest BCUT2D eigenvalue weighted by atomic mass is 9.60. The molecule has 2 atom stereocenters. The molecule has 0 heterocycles. The monoisotopic (exact) mass is 209 g/mol.